The van der Waals surface area contributed by atoms with Crippen LogP contribution in [0.4, 0.5) is 0 Å². The predicted molar refractivity (Wildman–Crippen MR) is 76.2 cm³/mol. The molecule has 1 aliphatic carbocycles. The summed E-state index contributed by atoms with van der Waals surface area (Å²) in [6.45, 7) is 7.84. The summed E-state index contributed by atoms with van der Waals surface area (Å²) in [6, 6.07) is 0.664. The maximum absolute atomic E-state index is 6.15. The normalized spacial score (nSPS) is 32.5. The van der Waals surface area contributed by atoms with Crippen LogP contribution in [0.2, 0.25) is 0 Å². The van der Waals surface area contributed by atoms with Gasteiger partial charge in [0.25, 0.3) is 0 Å². The first-order valence-corrected chi connectivity index (χ1v) is 7.48. The fraction of sp³-hybridized carbons (Fsp3) is 1.00. The second kappa shape index (κ2) is 6.75. The van der Waals surface area contributed by atoms with Crippen molar-refractivity contribution in [2.45, 2.75) is 77.3 Å². The van der Waals surface area contributed by atoms with Crippen LogP contribution in [0, 0.1) is 5.92 Å². The Bertz CT molecular complexity index is 217. The van der Waals surface area contributed by atoms with E-state index in [2.05, 4.69) is 32.7 Å². The molecule has 1 rings (SSSR count). The fourth-order valence-electron chi connectivity index (χ4n) is 3.34. The lowest BCUT2D eigenvalue weighted by Gasteiger charge is -2.44. The zero-order chi connectivity index (χ0) is 12.9. The Hall–Kier alpha value is -0.0800. The average molecular weight is 240 g/mol. The smallest absolute Gasteiger partial charge is 0.0331 e. The molecule has 0 spiro atoms. The summed E-state index contributed by atoms with van der Waals surface area (Å²) >= 11 is 0. The van der Waals surface area contributed by atoms with Crippen LogP contribution < -0.4 is 5.73 Å². The molecule has 1 aliphatic rings. The van der Waals surface area contributed by atoms with Crippen LogP contribution in [0.25, 0.3) is 0 Å². The van der Waals surface area contributed by atoms with Crippen molar-refractivity contribution in [1.29, 1.82) is 0 Å². The van der Waals surface area contributed by atoms with Gasteiger partial charge in [0.1, 0.15) is 0 Å². The van der Waals surface area contributed by atoms with Crippen molar-refractivity contribution in [2.24, 2.45) is 11.7 Å². The van der Waals surface area contributed by atoms with Crippen molar-refractivity contribution in [3.63, 3.8) is 0 Å². The van der Waals surface area contributed by atoms with Crippen LogP contribution in [0.5, 0.6) is 0 Å². The van der Waals surface area contributed by atoms with Gasteiger partial charge in [-0.15, -0.1) is 0 Å². The Labute approximate surface area is 108 Å². The average Bonchev–Trinajstić information content (AvgIpc) is 2.51. The van der Waals surface area contributed by atoms with Gasteiger partial charge in [0.15, 0.2) is 0 Å². The Morgan fingerprint density at radius 2 is 2.06 bits per heavy atom. The first-order chi connectivity index (χ1) is 8.05. The summed E-state index contributed by atoms with van der Waals surface area (Å²) in [5, 5.41) is 0. The van der Waals surface area contributed by atoms with Crippen molar-refractivity contribution in [1.82, 2.24) is 4.90 Å². The first-order valence-electron chi connectivity index (χ1n) is 7.48. The Morgan fingerprint density at radius 1 is 1.35 bits per heavy atom. The molecule has 0 heterocycles. The van der Waals surface area contributed by atoms with E-state index in [4.69, 9.17) is 5.73 Å². The van der Waals surface area contributed by atoms with Crippen LogP contribution in [-0.4, -0.2) is 30.1 Å². The molecule has 0 aromatic carbocycles. The molecule has 1 saturated carbocycles. The van der Waals surface area contributed by atoms with E-state index in [0.29, 0.717) is 6.04 Å². The highest BCUT2D eigenvalue weighted by molar-refractivity contribution is 4.94. The van der Waals surface area contributed by atoms with Crippen LogP contribution in [0.3, 0.4) is 0 Å². The van der Waals surface area contributed by atoms with E-state index < -0.39 is 0 Å². The Morgan fingerprint density at radius 3 is 2.65 bits per heavy atom. The summed E-state index contributed by atoms with van der Waals surface area (Å²) in [6.07, 6.45) is 9.21. The van der Waals surface area contributed by atoms with E-state index in [1.807, 2.05) is 0 Å². The van der Waals surface area contributed by atoms with Crippen LogP contribution in [0.1, 0.15) is 65.7 Å². The van der Waals surface area contributed by atoms with E-state index >= 15 is 0 Å². The third-order valence-corrected chi connectivity index (χ3v) is 4.94. The minimum atomic E-state index is 0.277. The predicted octanol–water partition coefficient (Wildman–Crippen LogP) is 3.40. The summed E-state index contributed by atoms with van der Waals surface area (Å²) in [4.78, 5) is 2.59. The third-order valence-electron chi connectivity index (χ3n) is 4.94. The van der Waals surface area contributed by atoms with Crippen molar-refractivity contribution in [3.05, 3.63) is 0 Å². The number of nitrogens with zero attached hydrogens (tertiary/aromatic N) is 1. The molecular weight excluding hydrogens is 208 g/mol. The maximum Gasteiger partial charge on any atom is 0.0331 e. The lowest BCUT2D eigenvalue weighted by Crippen LogP contribution is -2.55. The van der Waals surface area contributed by atoms with Gasteiger partial charge in [0.2, 0.25) is 0 Å². The molecular formula is C15H32N2. The molecule has 2 N–H and O–H groups in total. The molecule has 102 valence electrons. The molecule has 0 bridgehead atoms. The summed E-state index contributed by atoms with van der Waals surface area (Å²) < 4.78 is 0. The monoisotopic (exact) mass is 240 g/mol. The van der Waals surface area contributed by atoms with Gasteiger partial charge < -0.3 is 5.73 Å². The van der Waals surface area contributed by atoms with Crippen molar-refractivity contribution in [2.75, 3.05) is 13.6 Å². The van der Waals surface area contributed by atoms with Gasteiger partial charge in [0.05, 0.1) is 0 Å². The second-order valence-electron chi connectivity index (χ2n) is 6.21. The molecule has 1 fully saturated rings. The molecule has 0 saturated heterocycles. The van der Waals surface area contributed by atoms with E-state index in [0.717, 1.165) is 12.5 Å². The number of hydrogen-bond donors (Lipinski definition) is 1. The Kier molecular flexibility index (Phi) is 5.94. The number of nitrogens with two attached hydrogens (primary N) is 1. The summed E-state index contributed by atoms with van der Waals surface area (Å²) in [5.41, 5.74) is 6.42. The number of likely N-dealkylation sites (N-methyl/N-ethyl adjacent to an activating group) is 1. The van der Waals surface area contributed by atoms with Crippen LogP contribution >= 0.6 is 0 Å². The fourth-order valence-corrected chi connectivity index (χ4v) is 3.34. The van der Waals surface area contributed by atoms with Crippen LogP contribution in [0.15, 0.2) is 0 Å². The zero-order valence-electron chi connectivity index (χ0n) is 12.3. The van der Waals surface area contributed by atoms with Crippen molar-refractivity contribution >= 4 is 0 Å². The van der Waals surface area contributed by atoms with E-state index in [9.17, 15) is 0 Å². The lowest BCUT2D eigenvalue weighted by molar-refractivity contribution is 0.0646. The van der Waals surface area contributed by atoms with Gasteiger partial charge in [0, 0.05) is 18.1 Å². The van der Waals surface area contributed by atoms with Crippen molar-refractivity contribution < 1.29 is 0 Å². The Balaban J connectivity index is 2.71. The number of hydrogen-bond acceptors (Lipinski definition) is 2. The van der Waals surface area contributed by atoms with Gasteiger partial charge in [-0.3, -0.25) is 4.90 Å². The zero-order valence-corrected chi connectivity index (χ0v) is 12.3. The molecule has 0 amide bonds. The van der Waals surface area contributed by atoms with Gasteiger partial charge in [-0.25, -0.2) is 0 Å². The molecule has 0 aromatic rings. The highest BCUT2D eigenvalue weighted by Crippen LogP contribution is 2.35. The van der Waals surface area contributed by atoms with Gasteiger partial charge in [-0.2, -0.15) is 0 Å². The quantitative estimate of drug-likeness (QED) is 0.746. The van der Waals surface area contributed by atoms with E-state index in [1.54, 1.807) is 0 Å². The van der Waals surface area contributed by atoms with Gasteiger partial charge >= 0.3 is 0 Å². The third kappa shape index (κ3) is 3.69. The molecule has 3 unspecified atom stereocenters. The lowest BCUT2D eigenvalue weighted by atomic mass is 9.86. The molecule has 0 aromatic heterocycles. The summed E-state index contributed by atoms with van der Waals surface area (Å²) in [5.74, 6) is 0.887. The van der Waals surface area contributed by atoms with E-state index in [-0.39, 0.29) is 5.54 Å². The van der Waals surface area contributed by atoms with Crippen molar-refractivity contribution in [3.8, 4) is 0 Å². The highest BCUT2D eigenvalue weighted by Gasteiger charge is 2.36. The van der Waals surface area contributed by atoms with Gasteiger partial charge in [-0.1, -0.05) is 33.1 Å². The highest BCUT2D eigenvalue weighted by atomic mass is 15.2. The summed E-state index contributed by atoms with van der Waals surface area (Å²) in [7, 11) is 2.29. The minimum absolute atomic E-state index is 0.277. The first kappa shape index (κ1) is 15.0. The standard InChI is InChI=1S/C15H32N2/c1-5-7-14(3)17(4)15(12-16)10-6-8-13(2)9-11-15/h13-14H,5-12,16H2,1-4H3. The molecule has 3 atom stereocenters. The largest absolute Gasteiger partial charge is 0.329 e. The SMILES string of the molecule is CCCC(C)N(C)C1(CN)CCCC(C)CC1. The maximum atomic E-state index is 6.15. The number of rotatable bonds is 5. The van der Waals surface area contributed by atoms with Gasteiger partial charge in [-0.05, 0) is 45.6 Å². The van der Waals surface area contributed by atoms with E-state index in [1.165, 1.54) is 44.9 Å². The molecule has 0 aliphatic heterocycles. The van der Waals surface area contributed by atoms with Crippen LogP contribution in [-0.2, 0) is 0 Å². The minimum Gasteiger partial charge on any atom is -0.329 e. The molecule has 2 nitrogen and oxygen atoms in total. The topological polar surface area (TPSA) is 29.3 Å². The molecule has 17 heavy (non-hydrogen) atoms. The molecule has 2 heteroatoms. The second-order valence-corrected chi connectivity index (χ2v) is 6.21. The molecule has 0 radical (unpaired) electrons.